The molecule has 2 aromatic rings. The van der Waals surface area contributed by atoms with Crippen LogP contribution in [0.5, 0.6) is 0 Å². The van der Waals surface area contributed by atoms with Crippen LogP contribution in [-0.2, 0) is 0 Å². The lowest BCUT2D eigenvalue weighted by atomic mass is 9.96. The van der Waals surface area contributed by atoms with Gasteiger partial charge in [0.25, 0.3) is 5.91 Å². The molecule has 0 radical (unpaired) electrons. The molecule has 136 valence electrons. The first kappa shape index (κ1) is 17.8. The molecule has 26 heavy (non-hydrogen) atoms. The molecular weight excluding hydrogens is 374 g/mol. The topological polar surface area (TPSA) is 41.1 Å². The first-order chi connectivity index (χ1) is 12.5. The summed E-state index contributed by atoms with van der Waals surface area (Å²) in [5.41, 5.74) is 1.61. The molecule has 2 heterocycles. The van der Waals surface area contributed by atoms with Crippen LogP contribution in [-0.4, -0.2) is 24.0 Å². The van der Waals surface area contributed by atoms with Crippen molar-refractivity contribution in [2.75, 3.05) is 0 Å². The Hall–Kier alpha value is -1.62. The fraction of sp³-hybridized carbons (Fsp3) is 0.350. The number of nitrogens with one attached hydrogen (secondary N) is 2. The average molecular weight is 393 g/mol. The van der Waals surface area contributed by atoms with Crippen LogP contribution in [0.25, 0.3) is 11.1 Å². The van der Waals surface area contributed by atoms with E-state index in [0.29, 0.717) is 38.8 Å². The number of fused-ring (bicyclic) bond motifs is 2. The van der Waals surface area contributed by atoms with E-state index in [1.165, 1.54) is 31.0 Å². The van der Waals surface area contributed by atoms with Gasteiger partial charge in [0, 0.05) is 23.7 Å². The number of benzene rings is 2. The summed E-state index contributed by atoms with van der Waals surface area (Å²) in [6.45, 7) is 0. The lowest BCUT2D eigenvalue weighted by Crippen LogP contribution is -2.48. The van der Waals surface area contributed by atoms with Gasteiger partial charge >= 0.3 is 0 Å². The lowest BCUT2D eigenvalue weighted by Gasteiger charge is -2.30. The van der Waals surface area contributed by atoms with E-state index in [-0.39, 0.29) is 11.9 Å². The fourth-order valence-electron chi connectivity index (χ4n) is 4.06. The summed E-state index contributed by atoms with van der Waals surface area (Å²) < 4.78 is 13.8. The average Bonchev–Trinajstić information content (AvgIpc) is 2.95. The van der Waals surface area contributed by atoms with Crippen molar-refractivity contribution in [3.05, 3.63) is 57.8 Å². The maximum absolute atomic E-state index is 13.8. The zero-order valence-electron chi connectivity index (χ0n) is 14.1. The molecule has 2 fully saturated rings. The van der Waals surface area contributed by atoms with Crippen molar-refractivity contribution in [3.63, 3.8) is 0 Å². The molecule has 4 rings (SSSR count). The summed E-state index contributed by atoms with van der Waals surface area (Å²) in [5.74, 6) is -0.583. The first-order valence-electron chi connectivity index (χ1n) is 8.81. The third kappa shape index (κ3) is 3.59. The van der Waals surface area contributed by atoms with Crippen LogP contribution in [0.15, 0.2) is 36.4 Å². The summed E-state index contributed by atoms with van der Waals surface area (Å²) in [6.07, 6.45) is 4.21. The monoisotopic (exact) mass is 392 g/mol. The van der Waals surface area contributed by atoms with Crippen molar-refractivity contribution >= 4 is 29.1 Å². The van der Waals surface area contributed by atoms with Gasteiger partial charge in [0.2, 0.25) is 0 Å². The highest BCUT2D eigenvalue weighted by Crippen LogP contribution is 2.32. The van der Waals surface area contributed by atoms with Crippen LogP contribution < -0.4 is 10.6 Å². The molecule has 2 N–H and O–H groups in total. The third-order valence-electron chi connectivity index (χ3n) is 5.27. The number of amides is 1. The number of rotatable bonds is 3. The fourth-order valence-corrected chi connectivity index (χ4v) is 4.35. The Balaban J connectivity index is 1.61. The van der Waals surface area contributed by atoms with Crippen LogP contribution in [0.3, 0.4) is 0 Å². The quantitative estimate of drug-likeness (QED) is 0.786. The van der Waals surface area contributed by atoms with Gasteiger partial charge in [-0.05, 0) is 67.1 Å². The standard InChI is InChI=1S/C20H19Cl2FN2O/c21-18-6-1-11(7-19(18)22)17-8-12(23)2-5-16(17)20(26)25-15-9-13-3-4-14(10-15)24-13/h1-2,5-8,13-15,24H,3-4,9-10H2,(H,25,26). The van der Waals surface area contributed by atoms with Gasteiger partial charge in [-0.2, -0.15) is 0 Å². The van der Waals surface area contributed by atoms with E-state index in [2.05, 4.69) is 10.6 Å². The second kappa shape index (κ2) is 7.18. The van der Waals surface area contributed by atoms with E-state index in [1.807, 2.05) is 0 Å². The molecule has 2 atom stereocenters. The number of hydrogen-bond acceptors (Lipinski definition) is 2. The van der Waals surface area contributed by atoms with Gasteiger partial charge in [0.15, 0.2) is 0 Å². The molecule has 0 saturated carbocycles. The van der Waals surface area contributed by atoms with Crippen molar-refractivity contribution in [1.29, 1.82) is 0 Å². The Kier molecular flexibility index (Phi) is 4.91. The molecule has 2 aliphatic heterocycles. The highest BCUT2D eigenvalue weighted by molar-refractivity contribution is 6.42. The zero-order chi connectivity index (χ0) is 18.3. The van der Waals surface area contributed by atoms with Gasteiger partial charge in [0.1, 0.15) is 5.82 Å². The Morgan fingerprint density at radius 3 is 2.46 bits per heavy atom. The number of hydrogen-bond donors (Lipinski definition) is 2. The van der Waals surface area contributed by atoms with Crippen LogP contribution in [0.1, 0.15) is 36.0 Å². The van der Waals surface area contributed by atoms with Gasteiger partial charge < -0.3 is 10.6 Å². The molecule has 2 unspecified atom stereocenters. The van der Waals surface area contributed by atoms with E-state index < -0.39 is 5.82 Å². The Bertz CT molecular complexity index is 846. The van der Waals surface area contributed by atoms with E-state index in [4.69, 9.17) is 23.2 Å². The molecule has 1 amide bonds. The minimum absolute atomic E-state index is 0.146. The van der Waals surface area contributed by atoms with Gasteiger partial charge in [-0.15, -0.1) is 0 Å². The molecule has 2 aromatic carbocycles. The number of halogens is 3. The number of piperidine rings is 1. The Morgan fingerprint density at radius 1 is 1.04 bits per heavy atom. The predicted molar refractivity (Wildman–Crippen MR) is 102 cm³/mol. The van der Waals surface area contributed by atoms with Crippen LogP contribution in [0.2, 0.25) is 10.0 Å². The van der Waals surface area contributed by atoms with Crippen molar-refractivity contribution in [2.24, 2.45) is 0 Å². The van der Waals surface area contributed by atoms with Crippen molar-refractivity contribution in [1.82, 2.24) is 10.6 Å². The lowest BCUT2D eigenvalue weighted by molar-refractivity contribution is 0.0924. The summed E-state index contributed by atoms with van der Waals surface area (Å²) in [4.78, 5) is 12.9. The van der Waals surface area contributed by atoms with Gasteiger partial charge in [-0.25, -0.2) is 4.39 Å². The van der Waals surface area contributed by atoms with Gasteiger partial charge in [-0.1, -0.05) is 29.3 Å². The normalized spacial score (nSPS) is 24.5. The second-order valence-electron chi connectivity index (χ2n) is 7.10. The van der Waals surface area contributed by atoms with Gasteiger partial charge in [-0.3, -0.25) is 4.79 Å². The van der Waals surface area contributed by atoms with E-state index in [9.17, 15) is 9.18 Å². The predicted octanol–water partition coefficient (Wildman–Crippen LogP) is 4.81. The van der Waals surface area contributed by atoms with Crippen LogP contribution in [0, 0.1) is 5.82 Å². The van der Waals surface area contributed by atoms with E-state index in [1.54, 1.807) is 18.2 Å². The van der Waals surface area contributed by atoms with Crippen LogP contribution >= 0.6 is 23.2 Å². The SMILES string of the molecule is O=C(NC1CC2CCC(C1)N2)c1ccc(F)cc1-c1ccc(Cl)c(Cl)c1. The van der Waals surface area contributed by atoms with E-state index in [0.717, 1.165) is 12.8 Å². The third-order valence-corrected chi connectivity index (χ3v) is 6.00. The van der Waals surface area contributed by atoms with E-state index >= 15 is 0 Å². The van der Waals surface area contributed by atoms with Crippen LogP contribution in [0.4, 0.5) is 4.39 Å². The minimum Gasteiger partial charge on any atom is -0.349 e. The largest absolute Gasteiger partial charge is 0.349 e. The summed E-state index contributed by atoms with van der Waals surface area (Å²) >= 11 is 12.1. The molecule has 2 saturated heterocycles. The first-order valence-corrected chi connectivity index (χ1v) is 9.57. The van der Waals surface area contributed by atoms with Crippen molar-refractivity contribution in [3.8, 4) is 11.1 Å². The number of carbonyl (C=O) groups is 1. The maximum Gasteiger partial charge on any atom is 0.252 e. The second-order valence-corrected chi connectivity index (χ2v) is 7.91. The molecule has 0 spiro atoms. The van der Waals surface area contributed by atoms with Crippen molar-refractivity contribution < 1.29 is 9.18 Å². The molecule has 3 nitrogen and oxygen atoms in total. The molecule has 2 bridgehead atoms. The van der Waals surface area contributed by atoms with Crippen molar-refractivity contribution in [2.45, 2.75) is 43.8 Å². The highest BCUT2D eigenvalue weighted by atomic mass is 35.5. The molecule has 0 aromatic heterocycles. The smallest absolute Gasteiger partial charge is 0.252 e. The molecular formula is C20H19Cl2FN2O. The number of carbonyl (C=O) groups excluding carboxylic acids is 1. The Morgan fingerprint density at radius 2 is 1.77 bits per heavy atom. The van der Waals surface area contributed by atoms with Gasteiger partial charge in [0.05, 0.1) is 10.0 Å². The molecule has 0 aliphatic carbocycles. The summed E-state index contributed by atoms with van der Waals surface area (Å²) in [5, 5.41) is 7.48. The minimum atomic E-state index is -0.400. The maximum atomic E-state index is 13.8. The highest BCUT2D eigenvalue weighted by Gasteiger charge is 2.34. The Labute approximate surface area is 161 Å². The summed E-state index contributed by atoms with van der Waals surface area (Å²) in [7, 11) is 0. The summed E-state index contributed by atoms with van der Waals surface area (Å²) in [6, 6.07) is 10.4. The molecule has 6 heteroatoms. The molecule has 2 aliphatic rings. The zero-order valence-corrected chi connectivity index (χ0v) is 15.6.